The fourth-order valence-corrected chi connectivity index (χ4v) is 4.28. The number of nitrogens with zero attached hydrogens (tertiary/aromatic N) is 2. The molecule has 0 saturated heterocycles. The average Bonchev–Trinajstić information content (AvgIpc) is 3.18. The van der Waals surface area contributed by atoms with Crippen LogP contribution in [0.4, 0.5) is 4.79 Å². The molecular formula is C24H25N3O5. The molecular weight excluding hydrogens is 410 g/mol. The van der Waals surface area contributed by atoms with E-state index in [2.05, 4.69) is 10.3 Å². The zero-order valence-corrected chi connectivity index (χ0v) is 18.3. The summed E-state index contributed by atoms with van der Waals surface area (Å²) in [7, 11) is 0. The molecule has 1 aliphatic carbocycles. The lowest BCUT2D eigenvalue weighted by atomic mass is 9.91. The van der Waals surface area contributed by atoms with Crippen LogP contribution in [-0.4, -0.2) is 47.3 Å². The molecule has 8 heteroatoms. The molecule has 4 rings (SSSR count). The summed E-state index contributed by atoms with van der Waals surface area (Å²) in [4.78, 5) is 44.3. The van der Waals surface area contributed by atoms with Gasteiger partial charge in [0.1, 0.15) is 5.84 Å². The van der Waals surface area contributed by atoms with Crippen molar-refractivity contribution < 1.29 is 23.9 Å². The quantitative estimate of drug-likeness (QED) is 0.686. The van der Waals surface area contributed by atoms with Gasteiger partial charge in [-0.3, -0.25) is 9.59 Å². The molecule has 0 bridgehead atoms. The number of carbonyl (C=O) groups is 3. The molecule has 1 aromatic rings. The van der Waals surface area contributed by atoms with Crippen molar-refractivity contribution in [1.82, 2.24) is 10.2 Å². The molecule has 0 saturated carbocycles. The number of hydrogen-bond donors (Lipinski definition) is 1. The minimum atomic E-state index is -1.40. The number of fused-ring (bicyclic) bond motifs is 2. The van der Waals surface area contributed by atoms with Gasteiger partial charge in [0.15, 0.2) is 11.3 Å². The maximum atomic E-state index is 13.3. The molecule has 1 N–H and O–H groups in total. The van der Waals surface area contributed by atoms with Crippen LogP contribution in [0.5, 0.6) is 0 Å². The van der Waals surface area contributed by atoms with Crippen molar-refractivity contribution in [3.63, 3.8) is 0 Å². The zero-order chi connectivity index (χ0) is 22.9. The third-order valence-corrected chi connectivity index (χ3v) is 5.65. The van der Waals surface area contributed by atoms with Gasteiger partial charge in [-0.05, 0) is 43.9 Å². The van der Waals surface area contributed by atoms with E-state index in [4.69, 9.17) is 9.47 Å². The number of ether oxygens (including phenoxy) is 2. The third-order valence-electron chi connectivity index (χ3n) is 5.65. The van der Waals surface area contributed by atoms with Crippen LogP contribution in [0, 0.1) is 0 Å². The first-order valence-electron chi connectivity index (χ1n) is 10.6. The summed E-state index contributed by atoms with van der Waals surface area (Å²) >= 11 is 0. The molecule has 1 spiro atoms. The summed E-state index contributed by atoms with van der Waals surface area (Å²) in [6, 6.07) is 9.82. The first kappa shape index (κ1) is 21.5. The predicted molar refractivity (Wildman–Crippen MR) is 117 cm³/mol. The Morgan fingerprint density at radius 3 is 2.69 bits per heavy atom. The first-order valence-corrected chi connectivity index (χ1v) is 10.6. The summed E-state index contributed by atoms with van der Waals surface area (Å²) < 4.78 is 10.2. The van der Waals surface area contributed by atoms with E-state index in [1.165, 1.54) is 0 Å². The monoisotopic (exact) mass is 435 g/mol. The summed E-state index contributed by atoms with van der Waals surface area (Å²) in [5.74, 6) is -0.625. The van der Waals surface area contributed by atoms with Crippen LogP contribution in [0.25, 0.3) is 0 Å². The molecule has 166 valence electrons. The normalized spacial score (nSPS) is 22.0. The van der Waals surface area contributed by atoms with E-state index < -0.39 is 23.4 Å². The Morgan fingerprint density at radius 2 is 1.97 bits per heavy atom. The highest BCUT2D eigenvalue weighted by atomic mass is 16.7. The lowest BCUT2D eigenvalue weighted by molar-refractivity contribution is -0.126. The van der Waals surface area contributed by atoms with Gasteiger partial charge in [-0.2, -0.15) is 4.99 Å². The van der Waals surface area contributed by atoms with E-state index in [0.717, 1.165) is 16.7 Å². The molecule has 1 unspecified atom stereocenters. The van der Waals surface area contributed by atoms with Crippen LogP contribution in [0.15, 0.2) is 70.2 Å². The molecule has 1 atom stereocenters. The van der Waals surface area contributed by atoms with Crippen molar-refractivity contribution in [2.24, 2.45) is 4.99 Å². The van der Waals surface area contributed by atoms with Crippen LogP contribution >= 0.6 is 0 Å². The lowest BCUT2D eigenvalue weighted by Gasteiger charge is -2.36. The number of hydrogen-bond acceptors (Lipinski definition) is 7. The number of nitrogens with one attached hydrogen (secondary N) is 1. The number of carbonyl (C=O) groups excluding carboxylic acids is 3. The number of benzene rings is 1. The Balaban J connectivity index is 1.71. The highest BCUT2D eigenvalue weighted by Crippen LogP contribution is 2.44. The molecule has 1 amide bonds. The van der Waals surface area contributed by atoms with Gasteiger partial charge >= 0.3 is 6.16 Å². The largest absolute Gasteiger partial charge is 0.514 e. The number of ketones is 1. The van der Waals surface area contributed by atoms with Crippen LogP contribution < -0.4 is 5.32 Å². The van der Waals surface area contributed by atoms with Gasteiger partial charge in [0.2, 0.25) is 5.78 Å². The molecule has 2 heterocycles. The second-order valence-electron chi connectivity index (χ2n) is 7.92. The second kappa shape index (κ2) is 8.45. The lowest BCUT2D eigenvalue weighted by Crippen LogP contribution is -2.53. The van der Waals surface area contributed by atoms with Gasteiger partial charge in [-0.15, -0.1) is 0 Å². The van der Waals surface area contributed by atoms with E-state index in [-0.39, 0.29) is 24.5 Å². The van der Waals surface area contributed by atoms with Gasteiger partial charge in [0.25, 0.3) is 5.91 Å². The van der Waals surface area contributed by atoms with Crippen LogP contribution in [-0.2, 0) is 25.5 Å². The Kier molecular flexibility index (Phi) is 5.69. The van der Waals surface area contributed by atoms with Crippen molar-refractivity contribution in [2.45, 2.75) is 39.2 Å². The van der Waals surface area contributed by atoms with Crippen molar-refractivity contribution >= 4 is 23.7 Å². The molecule has 2 aliphatic heterocycles. The van der Waals surface area contributed by atoms with E-state index in [1.807, 2.05) is 50.3 Å². The predicted octanol–water partition coefficient (Wildman–Crippen LogP) is 3.02. The molecule has 32 heavy (non-hydrogen) atoms. The van der Waals surface area contributed by atoms with Crippen LogP contribution in [0.3, 0.4) is 0 Å². The van der Waals surface area contributed by atoms with Gasteiger partial charge in [-0.1, -0.05) is 36.4 Å². The number of aliphatic imine (C=N–C) groups is 1. The molecule has 0 fully saturated rings. The van der Waals surface area contributed by atoms with Gasteiger partial charge in [0.05, 0.1) is 18.7 Å². The van der Waals surface area contributed by atoms with E-state index in [1.54, 1.807) is 18.0 Å². The highest BCUT2D eigenvalue weighted by Gasteiger charge is 2.61. The fourth-order valence-electron chi connectivity index (χ4n) is 4.28. The van der Waals surface area contributed by atoms with Crippen LogP contribution in [0.2, 0.25) is 0 Å². The minimum absolute atomic E-state index is 0.104. The van der Waals surface area contributed by atoms with Gasteiger partial charge < -0.3 is 19.7 Å². The number of rotatable bonds is 6. The minimum Gasteiger partial charge on any atom is -0.434 e. The SMILES string of the molecule is CCOC(=O)OC1=C(NCCc2ccccc2)C2(CC1=O)C(=O)N=C1C(C)=CC(C)=CN12. The fraction of sp³-hybridized carbons (Fsp3) is 0.333. The van der Waals surface area contributed by atoms with Crippen molar-refractivity contribution in [2.75, 3.05) is 13.2 Å². The zero-order valence-electron chi connectivity index (χ0n) is 18.3. The van der Waals surface area contributed by atoms with E-state index >= 15 is 0 Å². The number of amidine groups is 1. The van der Waals surface area contributed by atoms with E-state index in [9.17, 15) is 14.4 Å². The Labute approximate surface area is 186 Å². The summed E-state index contributed by atoms with van der Waals surface area (Å²) in [6.45, 7) is 5.96. The van der Waals surface area contributed by atoms with Crippen molar-refractivity contribution in [3.8, 4) is 0 Å². The molecule has 0 radical (unpaired) electrons. The van der Waals surface area contributed by atoms with Gasteiger partial charge in [-0.25, -0.2) is 4.79 Å². The number of amides is 1. The third kappa shape index (κ3) is 3.62. The maximum Gasteiger partial charge on any atom is 0.514 e. The smallest absolute Gasteiger partial charge is 0.434 e. The van der Waals surface area contributed by atoms with Gasteiger partial charge in [0, 0.05) is 12.7 Å². The Hall–Kier alpha value is -3.68. The second-order valence-corrected chi connectivity index (χ2v) is 7.92. The topological polar surface area (TPSA) is 97.3 Å². The number of allylic oxidation sites excluding steroid dienone is 3. The molecule has 8 nitrogen and oxygen atoms in total. The van der Waals surface area contributed by atoms with Crippen LogP contribution in [0.1, 0.15) is 32.8 Å². The average molecular weight is 435 g/mol. The van der Waals surface area contributed by atoms with E-state index in [0.29, 0.717) is 18.8 Å². The maximum absolute atomic E-state index is 13.3. The van der Waals surface area contributed by atoms with Crippen molar-refractivity contribution in [3.05, 3.63) is 70.8 Å². The summed E-state index contributed by atoms with van der Waals surface area (Å²) in [6.07, 6.45) is 3.22. The van der Waals surface area contributed by atoms with Crippen molar-refractivity contribution in [1.29, 1.82) is 0 Å². The highest BCUT2D eigenvalue weighted by molar-refractivity contribution is 6.20. The summed E-state index contributed by atoms with van der Waals surface area (Å²) in [5, 5.41) is 3.23. The standard InChI is InChI=1S/C24H25N3O5/c1-4-31-23(30)32-19-18(28)13-24(20(19)25-11-10-17-8-6-5-7-9-17)22(29)26-21-16(3)12-15(2)14-27(21)24/h5-9,12,14,25H,4,10-11,13H2,1-3H3. The molecule has 1 aromatic carbocycles. The molecule has 0 aromatic heterocycles. The Morgan fingerprint density at radius 1 is 1.22 bits per heavy atom. The Bertz CT molecular complexity index is 1100. The molecule has 3 aliphatic rings. The summed E-state index contributed by atoms with van der Waals surface area (Å²) in [5.41, 5.74) is 1.68. The number of Topliss-reactive ketones (excluding diaryl/α,β-unsaturated/α-hetero) is 1. The first-order chi connectivity index (χ1) is 15.4.